The first-order valence-electron chi connectivity index (χ1n) is 1.22. The molecular formula is H5NO3SSi. The van der Waals surface area contributed by atoms with Crippen LogP contribution < -0.4 is 4.39 Å². The lowest BCUT2D eigenvalue weighted by molar-refractivity contribution is 0.480. The number of hydrogen-bond acceptors (Lipinski definition) is 2. The van der Waals surface area contributed by atoms with Crippen molar-refractivity contribution in [2.75, 3.05) is 0 Å². The third kappa shape index (κ3) is 4.09. The van der Waals surface area contributed by atoms with Gasteiger partial charge in [0, 0.05) is 0 Å². The number of rotatable bonds is 1. The van der Waals surface area contributed by atoms with Crippen molar-refractivity contribution in [1.82, 2.24) is 4.39 Å². The molecule has 0 spiro atoms. The van der Waals surface area contributed by atoms with Crippen molar-refractivity contribution in [1.29, 1.82) is 0 Å². The van der Waals surface area contributed by atoms with Crippen LogP contribution in [0.25, 0.3) is 0 Å². The Balaban J connectivity index is 3.85. The van der Waals surface area contributed by atoms with E-state index in [1.54, 1.807) is 4.39 Å². The smallest absolute Gasteiger partial charge is 0.274 e. The lowest BCUT2D eigenvalue weighted by atomic mass is 13.9. The summed E-state index contributed by atoms with van der Waals surface area (Å²) in [6.45, 7) is 0. The van der Waals surface area contributed by atoms with Crippen LogP contribution in [0.5, 0.6) is 0 Å². The quantitative estimate of drug-likeness (QED) is 0.306. The first-order valence-corrected chi connectivity index (χ1v) is 3.66. The van der Waals surface area contributed by atoms with Crippen molar-refractivity contribution in [3.05, 3.63) is 0 Å². The summed E-state index contributed by atoms with van der Waals surface area (Å²) in [7, 11) is -3.59. The Bertz CT molecular complexity index is 113. The van der Waals surface area contributed by atoms with E-state index in [0.29, 0.717) is 0 Å². The minimum Gasteiger partial charge on any atom is -0.274 e. The highest BCUT2D eigenvalue weighted by Crippen LogP contribution is 1.60. The average molecular weight is 127 g/mol. The minimum absolute atomic E-state index is 0.260. The molecule has 0 unspecified atom stereocenters. The van der Waals surface area contributed by atoms with Crippen LogP contribution >= 0.6 is 0 Å². The molecule has 0 amide bonds. The summed E-state index contributed by atoms with van der Waals surface area (Å²) >= 11 is 0. The summed E-state index contributed by atoms with van der Waals surface area (Å²) in [5.74, 6) is 0. The number of nitrogens with one attached hydrogen (secondary N) is 1. The van der Waals surface area contributed by atoms with E-state index in [-0.39, 0.29) is 10.4 Å². The lowest BCUT2D eigenvalue weighted by Gasteiger charge is -1.83. The standard InChI is InChI=1S/H5NO3SSi/c2-5(3,4)1-6/h1H,6H3,(H,2,3,4). The Morgan fingerprint density at radius 1 is 1.67 bits per heavy atom. The van der Waals surface area contributed by atoms with Crippen molar-refractivity contribution < 1.29 is 13.0 Å². The molecule has 6 heavy (non-hydrogen) atoms. The molecular weight excluding hydrogens is 122 g/mol. The second-order valence-electron chi connectivity index (χ2n) is 0.679. The molecule has 0 radical (unpaired) electrons. The van der Waals surface area contributed by atoms with Gasteiger partial charge in [-0.15, -0.1) is 0 Å². The molecule has 4 nitrogen and oxygen atoms in total. The normalized spacial score (nSPS) is 12.2. The molecule has 0 saturated carbocycles. The van der Waals surface area contributed by atoms with Crippen molar-refractivity contribution in [2.45, 2.75) is 0 Å². The zero-order valence-electron chi connectivity index (χ0n) is 3.17. The molecule has 0 aromatic heterocycles. The Morgan fingerprint density at radius 2 is 1.83 bits per heavy atom. The van der Waals surface area contributed by atoms with Crippen molar-refractivity contribution in [3.8, 4) is 0 Å². The monoisotopic (exact) mass is 127 g/mol. The summed E-state index contributed by atoms with van der Waals surface area (Å²) in [5.41, 5.74) is 0. The van der Waals surface area contributed by atoms with Crippen LogP contribution in [0, 0.1) is 0 Å². The Labute approximate surface area is 38.9 Å². The summed E-state index contributed by atoms with van der Waals surface area (Å²) in [4.78, 5) is 0. The minimum atomic E-state index is -3.85. The molecule has 0 aliphatic rings. The third-order valence-electron chi connectivity index (χ3n) is 0.258. The van der Waals surface area contributed by atoms with Crippen LogP contribution in [0.2, 0.25) is 0 Å². The van der Waals surface area contributed by atoms with Gasteiger partial charge in [-0.05, 0) is 0 Å². The highest BCUT2D eigenvalue weighted by Gasteiger charge is 1.90. The van der Waals surface area contributed by atoms with E-state index in [9.17, 15) is 8.42 Å². The molecule has 0 heterocycles. The predicted octanol–water partition coefficient (Wildman–Crippen LogP) is -2.34. The fourth-order valence-electron chi connectivity index (χ4n) is 0. The zero-order chi connectivity index (χ0) is 5.21. The predicted molar refractivity (Wildman–Crippen MR) is 24.6 cm³/mol. The molecule has 0 aliphatic carbocycles. The van der Waals surface area contributed by atoms with Crippen LogP contribution in [0.15, 0.2) is 0 Å². The van der Waals surface area contributed by atoms with Crippen LogP contribution in [-0.2, 0) is 10.3 Å². The van der Waals surface area contributed by atoms with Crippen molar-refractivity contribution >= 4 is 20.7 Å². The highest BCUT2D eigenvalue weighted by molar-refractivity contribution is 7.84. The molecule has 0 atom stereocenters. The zero-order valence-corrected chi connectivity index (χ0v) is 5.99. The van der Waals surface area contributed by atoms with E-state index in [1.165, 1.54) is 0 Å². The number of hydrogen-bond donors (Lipinski definition) is 2. The second-order valence-corrected chi connectivity index (χ2v) is 3.26. The fraction of sp³-hybridized carbons (Fsp3) is 0. The van der Waals surface area contributed by atoms with Gasteiger partial charge in [0.05, 0.1) is 10.4 Å². The molecule has 2 N–H and O–H groups in total. The van der Waals surface area contributed by atoms with E-state index >= 15 is 0 Å². The van der Waals surface area contributed by atoms with Crippen molar-refractivity contribution in [2.24, 2.45) is 0 Å². The van der Waals surface area contributed by atoms with Crippen LogP contribution in [0.3, 0.4) is 0 Å². The van der Waals surface area contributed by atoms with E-state index < -0.39 is 10.3 Å². The molecule has 38 valence electrons. The molecule has 6 heteroatoms. The first-order chi connectivity index (χ1) is 2.56. The molecule has 0 saturated heterocycles. The maximum absolute atomic E-state index is 9.48. The Morgan fingerprint density at radius 3 is 1.83 bits per heavy atom. The molecule has 0 rings (SSSR count). The van der Waals surface area contributed by atoms with Crippen LogP contribution in [0.4, 0.5) is 0 Å². The summed E-state index contributed by atoms with van der Waals surface area (Å²) in [6.07, 6.45) is 0. The van der Waals surface area contributed by atoms with Gasteiger partial charge in [0.2, 0.25) is 0 Å². The molecule has 0 fully saturated rings. The Kier molecular flexibility index (Phi) is 1.72. The van der Waals surface area contributed by atoms with Gasteiger partial charge in [-0.1, -0.05) is 0 Å². The average Bonchev–Trinajstić information content (AvgIpc) is 1.35. The van der Waals surface area contributed by atoms with E-state index in [1.807, 2.05) is 0 Å². The fourth-order valence-corrected chi connectivity index (χ4v) is 0. The highest BCUT2D eigenvalue weighted by atomic mass is 32.2. The van der Waals surface area contributed by atoms with E-state index in [4.69, 9.17) is 4.55 Å². The lowest BCUT2D eigenvalue weighted by Crippen LogP contribution is -2.17. The van der Waals surface area contributed by atoms with Gasteiger partial charge < -0.3 is 0 Å². The van der Waals surface area contributed by atoms with Crippen LogP contribution in [-0.4, -0.2) is 23.4 Å². The summed E-state index contributed by atoms with van der Waals surface area (Å²) in [5, 5.41) is 0. The summed E-state index contributed by atoms with van der Waals surface area (Å²) in [6, 6.07) is 0. The van der Waals surface area contributed by atoms with Gasteiger partial charge >= 0.3 is 10.3 Å². The summed E-state index contributed by atoms with van der Waals surface area (Å²) < 4.78 is 28.5. The van der Waals surface area contributed by atoms with Gasteiger partial charge in [-0.3, -0.25) is 4.55 Å². The van der Waals surface area contributed by atoms with Gasteiger partial charge in [-0.25, -0.2) is 4.39 Å². The third-order valence-corrected chi connectivity index (χ3v) is 2.32. The van der Waals surface area contributed by atoms with Crippen molar-refractivity contribution in [3.63, 3.8) is 0 Å². The van der Waals surface area contributed by atoms with Gasteiger partial charge in [0.15, 0.2) is 0 Å². The topological polar surface area (TPSA) is 66.4 Å². The second kappa shape index (κ2) is 1.69. The van der Waals surface area contributed by atoms with Crippen LogP contribution in [0.1, 0.15) is 0 Å². The molecule has 0 aromatic rings. The van der Waals surface area contributed by atoms with Gasteiger partial charge in [-0.2, -0.15) is 8.42 Å². The maximum atomic E-state index is 9.48. The SMILES string of the molecule is O=S(=O)(O)N[SiH3]. The maximum Gasteiger partial charge on any atom is 0.326 e. The molecule has 0 aliphatic heterocycles. The largest absolute Gasteiger partial charge is 0.326 e. The van der Waals surface area contributed by atoms with Gasteiger partial charge in [0.25, 0.3) is 0 Å². The van der Waals surface area contributed by atoms with E-state index in [2.05, 4.69) is 0 Å². The first kappa shape index (κ1) is 6.09. The molecule has 0 bridgehead atoms. The molecule has 0 aromatic carbocycles. The Hall–Kier alpha value is 0.0869. The van der Waals surface area contributed by atoms with Gasteiger partial charge in [0.1, 0.15) is 0 Å². The van der Waals surface area contributed by atoms with E-state index in [0.717, 1.165) is 0 Å².